The van der Waals surface area contributed by atoms with Crippen LogP contribution < -0.4 is 5.73 Å². The molecule has 0 saturated carbocycles. The molecular weight excluding hydrogens is 202 g/mol. The molecule has 2 rings (SSSR count). The monoisotopic (exact) mass is 221 g/mol. The first kappa shape index (κ1) is 11.6. The maximum absolute atomic E-state index is 5.68. The van der Waals surface area contributed by atoms with Crippen molar-refractivity contribution in [1.82, 2.24) is 0 Å². The van der Waals surface area contributed by atoms with Gasteiger partial charge in [0.1, 0.15) is 0 Å². The van der Waals surface area contributed by atoms with Crippen molar-refractivity contribution in [3.63, 3.8) is 0 Å². The largest absolute Gasteiger partial charge is 0.381 e. The molecule has 0 aromatic heterocycles. The summed E-state index contributed by atoms with van der Waals surface area (Å²) in [5, 5.41) is 0. The summed E-state index contributed by atoms with van der Waals surface area (Å²) in [7, 11) is 0. The van der Waals surface area contributed by atoms with Crippen molar-refractivity contribution in [2.45, 2.75) is 19.6 Å². The molecule has 88 valence electrons. The highest BCUT2D eigenvalue weighted by Gasteiger charge is 2.15. The van der Waals surface area contributed by atoms with E-state index in [0.717, 1.165) is 31.8 Å². The van der Waals surface area contributed by atoms with Gasteiger partial charge in [0, 0.05) is 19.1 Å². The van der Waals surface area contributed by atoms with Crippen molar-refractivity contribution in [2.75, 3.05) is 19.8 Å². The van der Waals surface area contributed by atoms with E-state index in [1.54, 1.807) is 0 Å². The number of rotatable bonds is 5. The lowest BCUT2D eigenvalue weighted by molar-refractivity contribution is 0.0791. The molecule has 1 heterocycles. The Hall–Kier alpha value is -0.900. The molecule has 3 nitrogen and oxygen atoms in total. The topological polar surface area (TPSA) is 44.5 Å². The van der Waals surface area contributed by atoms with Gasteiger partial charge >= 0.3 is 0 Å². The summed E-state index contributed by atoms with van der Waals surface area (Å²) in [4.78, 5) is 0. The molecule has 1 aromatic rings. The third-order valence-electron chi connectivity index (χ3n) is 2.87. The molecule has 0 bridgehead atoms. The van der Waals surface area contributed by atoms with Crippen LogP contribution in [0.15, 0.2) is 24.3 Å². The molecule has 16 heavy (non-hydrogen) atoms. The molecule has 1 aromatic carbocycles. The van der Waals surface area contributed by atoms with Gasteiger partial charge in [-0.3, -0.25) is 0 Å². The van der Waals surface area contributed by atoms with Gasteiger partial charge in [0.25, 0.3) is 0 Å². The van der Waals surface area contributed by atoms with E-state index in [-0.39, 0.29) is 0 Å². The summed E-state index contributed by atoms with van der Waals surface area (Å²) in [5.41, 5.74) is 7.94. The highest BCUT2D eigenvalue weighted by atomic mass is 16.5. The Kier molecular flexibility index (Phi) is 4.34. The third kappa shape index (κ3) is 3.30. The first-order valence-electron chi connectivity index (χ1n) is 5.82. The van der Waals surface area contributed by atoms with Gasteiger partial charge < -0.3 is 15.2 Å². The lowest BCUT2D eigenvalue weighted by Crippen LogP contribution is -2.09. The van der Waals surface area contributed by atoms with Crippen LogP contribution in [0.4, 0.5) is 0 Å². The second-order valence-corrected chi connectivity index (χ2v) is 4.27. The molecule has 1 saturated heterocycles. The summed E-state index contributed by atoms with van der Waals surface area (Å²) in [6, 6.07) is 8.24. The molecule has 0 amide bonds. The molecule has 2 N–H and O–H groups in total. The number of nitrogens with two attached hydrogens (primary N) is 1. The Bertz CT molecular complexity index is 321. The Balaban J connectivity index is 1.75. The quantitative estimate of drug-likeness (QED) is 0.823. The summed E-state index contributed by atoms with van der Waals surface area (Å²) < 4.78 is 11.0. The molecular formula is C13H19NO2. The fourth-order valence-corrected chi connectivity index (χ4v) is 1.90. The highest BCUT2D eigenvalue weighted by Crippen LogP contribution is 2.13. The molecule has 1 aliphatic heterocycles. The summed E-state index contributed by atoms with van der Waals surface area (Å²) in [6.45, 7) is 3.79. The van der Waals surface area contributed by atoms with Crippen molar-refractivity contribution in [3.8, 4) is 0 Å². The van der Waals surface area contributed by atoms with Gasteiger partial charge in [0.05, 0.1) is 19.8 Å². The van der Waals surface area contributed by atoms with Crippen LogP contribution in [0.3, 0.4) is 0 Å². The van der Waals surface area contributed by atoms with Gasteiger partial charge in [0.2, 0.25) is 0 Å². The lowest BCUT2D eigenvalue weighted by Gasteiger charge is -2.09. The molecule has 1 fully saturated rings. The normalized spacial score (nSPS) is 20.2. The molecule has 1 aliphatic rings. The number of benzene rings is 1. The second-order valence-electron chi connectivity index (χ2n) is 4.27. The average molecular weight is 221 g/mol. The van der Waals surface area contributed by atoms with E-state index >= 15 is 0 Å². The second kappa shape index (κ2) is 5.99. The Morgan fingerprint density at radius 2 is 2.25 bits per heavy atom. The minimum Gasteiger partial charge on any atom is -0.381 e. The standard InChI is InChI=1S/C13H19NO2/c14-7-11-2-1-3-12(6-11)8-16-10-13-4-5-15-9-13/h1-3,6,13H,4-5,7-10,14H2. The first-order valence-corrected chi connectivity index (χ1v) is 5.82. The first-order chi connectivity index (χ1) is 7.88. The zero-order valence-corrected chi connectivity index (χ0v) is 9.52. The fraction of sp³-hybridized carbons (Fsp3) is 0.538. The fourth-order valence-electron chi connectivity index (χ4n) is 1.90. The number of hydrogen-bond acceptors (Lipinski definition) is 3. The molecule has 0 radical (unpaired) electrons. The minimum absolute atomic E-state index is 0.581. The predicted molar refractivity (Wildman–Crippen MR) is 62.9 cm³/mol. The SMILES string of the molecule is NCc1cccc(COCC2CCOC2)c1. The molecule has 3 heteroatoms. The van der Waals surface area contributed by atoms with Crippen molar-refractivity contribution in [1.29, 1.82) is 0 Å². The zero-order chi connectivity index (χ0) is 11.2. The van der Waals surface area contributed by atoms with Gasteiger partial charge in [-0.15, -0.1) is 0 Å². The minimum atomic E-state index is 0.581. The smallest absolute Gasteiger partial charge is 0.0717 e. The molecule has 1 atom stereocenters. The van der Waals surface area contributed by atoms with Gasteiger partial charge in [0.15, 0.2) is 0 Å². The summed E-state index contributed by atoms with van der Waals surface area (Å²) in [5.74, 6) is 0.581. The van der Waals surface area contributed by atoms with E-state index in [1.165, 1.54) is 5.56 Å². The van der Waals surface area contributed by atoms with Crippen molar-refractivity contribution in [2.24, 2.45) is 11.7 Å². The van der Waals surface area contributed by atoms with Gasteiger partial charge in [-0.1, -0.05) is 24.3 Å². The van der Waals surface area contributed by atoms with E-state index in [2.05, 4.69) is 12.1 Å². The third-order valence-corrected chi connectivity index (χ3v) is 2.87. The van der Waals surface area contributed by atoms with Crippen LogP contribution in [0.2, 0.25) is 0 Å². The average Bonchev–Trinajstić information content (AvgIpc) is 2.82. The summed E-state index contributed by atoms with van der Waals surface area (Å²) >= 11 is 0. The summed E-state index contributed by atoms with van der Waals surface area (Å²) in [6.07, 6.45) is 1.13. The van der Waals surface area contributed by atoms with Crippen molar-refractivity contribution >= 4 is 0 Å². The van der Waals surface area contributed by atoms with E-state index in [4.69, 9.17) is 15.2 Å². The van der Waals surface area contributed by atoms with E-state index in [1.807, 2.05) is 12.1 Å². The lowest BCUT2D eigenvalue weighted by atomic mass is 10.1. The molecule has 1 unspecified atom stereocenters. The van der Waals surface area contributed by atoms with Crippen LogP contribution in [0.1, 0.15) is 17.5 Å². The Labute approximate surface area is 96.5 Å². The van der Waals surface area contributed by atoms with Crippen LogP contribution in [0, 0.1) is 5.92 Å². The number of hydrogen-bond donors (Lipinski definition) is 1. The van der Waals surface area contributed by atoms with Crippen molar-refractivity contribution < 1.29 is 9.47 Å². The predicted octanol–water partition coefficient (Wildman–Crippen LogP) is 1.70. The Morgan fingerprint density at radius 3 is 3.00 bits per heavy atom. The highest BCUT2D eigenvalue weighted by molar-refractivity contribution is 5.22. The van der Waals surface area contributed by atoms with Crippen LogP contribution in [-0.4, -0.2) is 19.8 Å². The van der Waals surface area contributed by atoms with Gasteiger partial charge in [-0.05, 0) is 17.5 Å². The number of ether oxygens (including phenoxy) is 2. The van der Waals surface area contributed by atoms with E-state index < -0.39 is 0 Å². The van der Waals surface area contributed by atoms with Gasteiger partial charge in [-0.2, -0.15) is 0 Å². The van der Waals surface area contributed by atoms with Crippen LogP contribution in [0.5, 0.6) is 0 Å². The van der Waals surface area contributed by atoms with Crippen LogP contribution >= 0.6 is 0 Å². The van der Waals surface area contributed by atoms with E-state index in [9.17, 15) is 0 Å². The molecule has 0 aliphatic carbocycles. The molecule has 0 spiro atoms. The van der Waals surface area contributed by atoms with Crippen LogP contribution in [0.25, 0.3) is 0 Å². The zero-order valence-electron chi connectivity index (χ0n) is 9.52. The van der Waals surface area contributed by atoms with Gasteiger partial charge in [-0.25, -0.2) is 0 Å². The maximum atomic E-state index is 5.68. The maximum Gasteiger partial charge on any atom is 0.0717 e. The van der Waals surface area contributed by atoms with E-state index in [0.29, 0.717) is 19.1 Å². The van der Waals surface area contributed by atoms with Crippen LogP contribution in [-0.2, 0) is 22.6 Å². The van der Waals surface area contributed by atoms with Crippen molar-refractivity contribution in [3.05, 3.63) is 35.4 Å². The Morgan fingerprint density at radius 1 is 1.38 bits per heavy atom.